The molecule has 0 aromatic heterocycles. The Morgan fingerprint density at radius 1 is 1.59 bits per heavy atom. The van der Waals surface area contributed by atoms with Gasteiger partial charge in [-0.2, -0.15) is 0 Å². The number of carbonyl (C=O) groups excluding carboxylic acids is 1. The van der Waals surface area contributed by atoms with E-state index in [2.05, 4.69) is 19.9 Å². The Labute approximate surface area is 104 Å². The predicted molar refractivity (Wildman–Crippen MR) is 70.8 cm³/mol. The van der Waals surface area contributed by atoms with Crippen molar-refractivity contribution in [1.82, 2.24) is 0 Å². The summed E-state index contributed by atoms with van der Waals surface area (Å²) >= 11 is 0. The molecular formula is C15H24O2. The highest BCUT2D eigenvalue weighted by Crippen LogP contribution is 2.33. The van der Waals surface area contributed by atoms with E-state index in [0.717, 1.165) is 24.8 Å². The van der Waals surface area contributed by atoms with E-state index in [-0.39, 0.29) is 11.7 Å². The van der Waals surface area contributed by atoms with E-state index in [1.165, 1.54) is 5.57 Å². The molecule has 0 heterocycles. The Morgan fingerprint density at radius 3 is 2.76 bits per heavy atom. The van der Waals surface area contributed by atoms with Crippen molar-refractivity contribution in [1.29, 1.82) is 0 Å². The van der Waals surface area contributed by atoms with Gasteiger partial charge in [-0.1, -0.05) is 17.7 Å². The minimum Gasteiger partial charge on any atom is -0.390 e. The maximum atomic E-state index is 11.6. The van der Waals surface area contributed by atoms with Crippen LogP contribution in [0.4, 0.5) is 0 Å². The molecule has 0 fully saturated rings. The zero-order valence-corrected chi connectivity index (χ0v) is 11.4. The first-order chi connectivity index (χ1) is 7.83. The number of Topliss-reactive ketones (excluding diaryl/α,β-unsaturated/α-hetero) is 1. The van der Waals surface area contributed by atoms with Crippen molar-refractivity contribution in [3.8, 4) is 0 Å². The molecule has 0 aliphatic heterocycles. The van der Waals surface area contributed by atoms with Crippen molar-refractivity contribution < 1.29 is 9.90 Å². The molecule has 2 nitrogen and oxygen atoms in total. The molecule has 0 bridgehead atoms. The Balaban J connectivity index is 2.59. The summed E-state index contributed by atoms with van der Waals surface area (Å²) < 4.78 is 0. The fourth-order valence-corrected chi connectivity index (χ4v) is 2.23. The average Bonchev–Trinajstić information content (AvgIpc) is 2.21. The van der Waals surface area contributed by atoms with Crippen LogP contribution in [0.25, 0.3) is 0 Å². The average molecular weight is 236 g/mol. The summed E-state index contributed by atoms with van der Waals surface area (Å²) in [6, 6.07) is 0. The van der Waals surface area contributed by atoms with Gasteiger partial charge in [-0.3, -0.25) is 4.79 Å². The van der Waals surface area contributed by atoms with Crippen molar-refractivity contribution in [2.45, 2.75) is 59.0 Å². The number of allylic oxidation sites excluding steroid dienone is 4. The molecule has 2 atom stereocenters. The molecule has 17 heavy (non-hydrogen) atoms. The highest BCUT2D eigenvalue weighted by Gasteiger charge is 2.34. The van der Waals surface area contributed by atoms with Gasteiger partial charge >= 0.3 is 0 Å². The van der Waals surface area contributed by atoms with Crippen LogP contribution in [-0.2, 0) is 4.79 Å². The van der Waals surface area contributed by atoms with Crippen molar-refractivity contribution >= 4 is 5.78 Å². The van der Waals surface area contributed by atoms with Crippen LogP contribution in [-0.4, -0.2) is 16.5 Å². The van der Waals surface area contributed by atoms with E-state index in [4.69, 9.17) is 0 Å². The molecule has 0 aromatic carbocycles. The third kappa shape index (κ3) is 4.12. The third-order valence-corrected chi connectivity index (χ3v) is 3.66. The summed E-state index contributed by atoms with van der Waals surface area (Å²) in [5.74, 6) is 0.257. The van der Waals surface area contributed by atoms with Crippen LogP contribution in [0.2, 0.25) is 0 Å². The topological polar surface area (TPSA) is 37.3 Å². The lowest BCUT2D eigenvalue weighted by Gasteiger charge is -2.34. The van der Waals surface area contributed by atoms with Gasteiger partial charge in [0.1, 0.15) is 0 Å². The number of ketones is 1. The van der Waals surface area contributed by atoms with Crippen molar-refractivity contribution in [3.05, 3.63) is 23.3 Å². The van der Waals surface area contributed by atoms with E-state index in [1.54, 1.807) is 0 Å². The Kier molecular flexibility index (Phi) is 4.70. The number of hydrogen-bond acceptors (Lipinski definition) is 2. The smallest absolute Gasteiger partial charge is 0.158 e. The molecule has 0 amide bonds. The fraction of sp³-hybridized carbons (Fsp3) is 0.667. The number of aliphatic hydroxyl groups is 1. The molecule has 0 spiro atoms. The van der Waals surface area contributed by atoms with Gasteiger partial charge in [-0.15, -0.1) is 0 Å². The van der Waals surface area contributed by atoms with Crippen molar-refractivity contribution in [2.24, 2.45) is 5.92 Å². The fourth-order valence-electron chi connectivity index (χ4n) is 2.23. The molecule has 96 valence electrons. The minimum atomic E-state index is -0.737. The standard InChI is InChI=1S/C15H24O2/c1-11(2)6-5-9-15(4,17)13-8-7-12(3)14(16)10-13/h6-7,13,17H,5,8-10H2,1-4H3. The SMILES string of the molecule is CC(C)=CCCC(C)(O)C1CC=C(C)C(=O)C1. The first kappa shape index (κ1) is 14.2. The Hall–Kier alpha value is -0.890. The van der Waals surface area contributed by atoms with E-state index >= 15 is 0 Å². The van der Waals surface area contributed by atoms with Crippen LogP contribution in [0.15, 0.2) is 23.3 Å². The first-order valence-corrected chi connectivity index (χ1v) is 6.38. The normalized spacial score (nSPS) is 23.9. The molecule has 1 rings (SSSR count). The zero-order chi connectivity index (χ0) is 13.1. The summed E-state index contributed by atoms with van der Waals surface area (Å²) in [6.45, 7) is 7.84. The lowest BCUT2D eigenvalue weighted by Crippen LogP contribution is -2.37. The molecule has 0 radical (unpaired) electrons. The summed E-state index contributed by atoms with van der Waals surface area (Å²) in [5, 5.41) is 10.4. The van der Waals surface area contributed by atoms with E-state index in [9.17, 15) is 9.90 Å². The molecule has 0 saturated carbocycles. The quantitative estimate of drug-likeness (QED) is 0.759. The first-order valence-electron chi connectivity index (χ1n) is 6.38. The molecular weight excluding hydrogens is 212 g/mol. The summed E-state index contributed by atoms with van der Waals surface area (Å²) in [5.41, 5.74) is 1.39. The summed E-state index contributed by atoms with van der Waals surface area (Å²) in [6.07, 6.45) is 7.02. The van der Waals surface area contributed by atoms with Gasteiger partial charge in [0.2, 0.25) is 0 Å². The van der Waals surface area contributed by atoms with Crippen LogP contribution in [0.3, 0.4) is 0 Å². The summed E-state index contributed by atoms with van der Waals surface area (Å²) in [4.78, 5) is 11.6. The highest BCUT2D eigenvalue weighted by molar-refractivity contribution is 5.95. The molecule has 1 aliphatic rings. The summed E-state index contributed by atoms with van der Waals surface area (Å²) in [7, 11) is 0. The lowest BCUT2D eigenvalue weighted by atomic mass is 9.76. The molecule has 1 aliphatic carbocycles. The highest BCUT2D eigenvalue weighted by atomic mass is 16.3. The second kappa shape index (κ2) is 5.63. The predicted octanol–water partition coefficient (Wildman–Crippen LogP) is 3.41. The van der Waals surface area contributed by atoms with Gasteiger partial charge in [0.05, 0.1) is 5.60 Å². The van der Waals surface area contributed by atoms with Crippen LogP contribution >= 0.6 is 0 Å². The van der Waals surface area contributed by atoms with Gasteiger partial charge in [0.25, 0.3) is 0 Å². The number of hydrogen-bond donors (Lipinski definition) is 1. The molecule has 2 heteroatoms. The second-order valence-corrected chi connectivity index (χ2v) is 5.62. The Bertz CT molecular complexity index is 344. The van der Waals surface area contributed by atoms with Crippen LogP contribution in [0.5, 0.6) is 0 Å². The Morgan fingerprint density at radius 2 is 2.24 bits per heavy atom. The van der Waals surface area contributed by atoms with Crippen LogP contribution in [0, 0.1) is 5.92 Å². The van der Waals surface area contributed by atoms with Crippen molar-refractivity contribution in [3.63, 3.8) is 0 Å². The van der Waals surface area contributed by atoms with Crippen LogP contribution < -0.4 is 0 Å². The lowest BCUT2D eigenvalue weighted by molar-refractivity contribution is -0.119. The minimum absolute atomic E-state index is 0.0734. The maximum Gasteiger partial charge on any atom is 0.158 e. The molecule has 0 aromatic rings. The van der Waals surface area contributed by atoms with Gasteiger partial charge in [0, 0.05) is 6.42 Å². The van der Waals surface area contributed by atoms with E-state index in [0.29, 0.717) is 6.42 Å². The van der Waals surface area contributed by atoms with E-state index < -0.39 is 5.60 Å². The number of rotatable bonds is 4. The van der Waals surface area contributed by atoms with Gasteiger partial charge in [-0.25, -0.2) is 0 Å². The molecule has 2 unspecified atom stereocenters. The van der Waals surface area contributed by atoms with Gasteiger partial charge < -0.3 is 5.11 Å². The molecule has 1 N–H and O–H groups in total. The largest absolute Gasteiger partial charge is 0.390 e. The second-order valence-electron chi connectivity index (χ2n) is 5.62. The van der Waals surface area contributed by atoms with Crippen molar-refractivity contribution in [2.75, 3.05) is 0 Å². The molecule has 0 saturated heterocycles. The monoisotopic (exact) mass is 236 g/mol. The van der Waals surface area contributed by atoms with Gasteiger partial charge in [0.15, 0.2) is 5.78 Å². The third-order valence-electron chi connectivity index (χ3n) is 3.66. The van der Waals surface area contributed by atoms with Gasteiger partial charge in [-0.05, 0) is 58.4 Å². The number of carbonyl (C=O) groups is 1. The van der Waals surface area contributed by atoms with Crippen LogP contribution in [0.1, 0.15) is 53.4 Å². The zero-order valence-electron chi connectivity index (χ0n) is 11.4. The maximum absolute atomic E-state index is 11.6. The van der Waals surface area contributed by atoms with E-state index in [1.807, 2.05) is 19.9 Å².